The van der Waals surface area contributed by atoms with Gasteiger partial charge in [0.2, 0.25) is 0 Å². The van der Waals surface area contributed by atoms with Gasteiger partial charge in [0.15, 0.2) is 0 Å². The molecule has 0 spiro atoms. The maximum atomic E-state index is 9.65. The Morgan fingerprint density at radius 1 is 0.708 bits per heavy atom. The summed E-state index contributed by atoms with van der Waals surface area (Å²) in [7, 11) is 0. The summed E-state index contributed by atoms with van der Waals surface area (Å²) in [5.74, 6) is 0. The number of halogens is 1. The van der Waals surface area contributed by atoms with E-state index in [-0.39, 0.29) is 6.04 Å². The van der Waals surface area contributed by atoms with Crippen molar-refractivity contribution in [2.24, 2.45) is 0 Å². The minimum absolute atomic E-state index is 0.0623. The smallest absolute Gasteiger partial charge is 0.122 e. The summed E-state index contributed by atoms with van der Waals surface area (Å²) in [6, 6.07) is 29.6. The Kier molecular flexibility index (Phi) is 5.28. The molecule has 3 heteroatoms. The van der Waals surface area contributed by atoms with Gasteiger partial charge in [-0.1, -0.05) is 84.4 Å². The lowest BCUT2D eigenvalue weighted by atomic mass is 9.96. The summed E-state index contributed by atoms with van der Waals surface area (Å²) in [6.45, 7) is 0. The normalized spacial score (nSPS) is 11.9. The molecule has 0 unspecified atom stereocenters. The van der Waals surface area contributed by atoms with Crippen LogP contribution in [0.4, 0.5) is 0 Å². The molecule has 1 N–H and O–H groups in total. The third kappa shape index (κ3) is 3.83. The van der Waals surface area contributed by atoms with Gasteiger partial charge >= 0.3 is 0 Å². The van der Waals surface area contributed by atoms with Crippen LogP contribution in [0.2, 0.25) is 5.02 Å². The van der Waals surface area contributed by atoms with E-state index >= 15 is 0 Å². The number of benzene rings is 3. The third-order valence-corrected chi connectivity index (χ3v) is 4.18. The van der Waals surface area contributed by atoms with Crippen molar-refractivity contribution in [3.63, 3.8) is 0 Å². The highest BCUT2D eigenvalue weighted by Crippen LogP contribution is 2.26. The van der Waals surface area contributed by atoms with E-state index in [1.54, 1.807) is 0 Å². The summed E-state index contributed by atoms with van der Waals surface area (Å²) in [5, 5.41) is 13.8. The lowest BCUT2D eigenvalue weighted by molar-refractivity contribution is 0.559. The zero-order valence-corrected chi connectivity index (χ0v) is 13.8. The van der Waals surface area contributed by atoms with Crippen LogP contribution in [0.15, 0.2) is 84.9 Å². The average Bonchev–Trinajstić information content (AvgIpc) is 2.65. The first-order chi connectivity index (χ1) is 11.8. The summed E-state index contributed by atoms with van der Waals surface area (Å²) in [4.78, 5) is 0. The molecule has 0 aliphatic carbocycles. The van der Waals surface area contributed by atoms with Crippen LogP contribution < -0.4 is 5.32 Å². The van der Waals surface area contributed by atoms with Gasteiger partial charge in [0.25, 0.3) is 0 Å². The minimum atomic E-state index is -0.423. The van der Waals surface area contributed by atoms with Gasteiger partial charge in [-0.2, -0.15) is 5.26 Å². The average molecular weight is 333 g/mol. The molecule has 24 heavy (non-hydrogen) atoms. The molecule has 0 bridgehead atoms. The van der Waals surface area contributed by atoms with Crippen molar-refractivity contribution in [2.45, 2.75) is 12.1 Å². The molecule has 0 heterocycles. The molecule has 3 aromatic rings. The van der Waals surface area contributed by atoms with Gasteiger partial charge in [-0.3, -0.25) is 5.32 Å². The van der Waals surface area contributed by atoms with Crippen LogP contribution in [-0.2, 0) is 0 Å². The maximum Gasteiger partial charge on any atom is 0.122 e. The Balaban J connectivity index is 1.94. The number of hydrogen-bond donors (Lipinski definition) is 1. The summed E-state index contributed by atoms with van der Waals surface area (Å²) >= 11 is 5.95. The highest BCUT2D eigenvalue weighted by atomic mass is 35.5. The van der Waals surface area contributed by atoms with Gasteiger partial charge in [-0.25, -0.2) is 0 Å². The molecule has 0 saturated carbocycles. The Labute approximate surface area is 147 Å². The van der Waals surface area contributed by atoms with Crippen molar-refractivity contribution in [3.05, 3.63) is 107 Å². The van der Waals surface area contributed by atoms with Crippen LogP contribution in [0.25, 0.3) is 0 Å². The first kappa shape index (κ1) is 16.3. The Morgan fingerprint density at radius 3 is 1.67 bits per heavy atom. The fraction of sp³-hybridized carbons (Fsp3) is 0.0952. The molecule has 0 aliphatic rings. The van der Waals surface area contributed by atoms with Crippen LogP contribution >= 0.6 is 11.6 Å². The van der Waals surface area contributed by atoms with E-state index in [0.717, 1.165) is 16.7 Å². The molecule has 3 aromatic carbocycles. The number of nitrogens with one attached hydrogen (secondary N) is 1. The van der Waals surface area contributed by atoms with Crippen molar-refractivity contribution in [1.82, 2.24) is 5.32 Å². The first-order valence-corrected chi connectivity index (χ1v) is 8.17. The summed E-state index contributed by atoms with van der Waals surface area (Å²) in [6.07, 6.45) is 0. The quantitative estimate of drug-likeness (QED) is 0.689. The predicted molar refractivity (Wildman–Crippen MR) is 97.7 cm³/mol. The highest BCUT2D eigenvalue weighted by molar-refractivity contribution is 6.30. The van der Waals surface area contributed by atoms with Crippen LogP contribution in [0.1, 0.15) is 28.8 Å². The second-order valence-electron chi connectivity index (χ2n) is 5.53. The molecule has 1 atom stereocenters. The first-order valence-electron chi connectivity index (χ1n) is 7.79. The second-order valence-corrected chi connectivity index (χ2v) is 5.97. The number of nitriles is 1. The lowest BCUT2D eigenvalue weighted by Gasteiger charge is -2.23. The zero-order chi connectivity index (χ0) is 16.8. The SMILES string of the molecule is N#C[C@H](NC(c1ccccc1)c1ccccc1)c1ccc(Cl)cc1. The van der Waals surface area contributed by atoms with Gasteiger partial charge in [-0.05, 0) is 28.8 Å². The third-order valence-electron chi connectivity index (χ3n) is 3.93. The highest BCUT2D eigenvalue weighted by Gasteiger charge is 2.19. The molecule has 0 amide bonds. The molecule has 0 radical (unpaired) electrons. The molecular formula is C21H17ClN2. The molecular weight excluding hydrogens is 316 g/mol. The Hall–Kier alpha value is -2.60. The Bertz CT molecular complexity index is 768. The lowest BCUT2D eigenvalue weighted by Crippen LogP contribution is -2.26. The standard InChI is InChI=1S/C21H17ClN2/c22-19-13-11-16(12-14-19)20(15-23)24-21(17-7-3-1-4-8-17)18-9-5-2-6-10-18/h1-14,20-21,24H/t20-/m0/s1. The van der Waals surface area contributed by atoms with E-state index in [4.69, 9.17) is 11.6 Å². The van der Waals surface area contributed by atoms with Crippen LogP contribution in [-0.4, -0.2) is 0 Å². The minimum Gasteiger partial charge on any atom is -0.287 e. The molecule has 2 nitrogen and oxygen atoms in total. The van der Waals surface area contributed by atoms with Gasteiger partial charge in [0, 0.05) is 5.02 Å². The van der Waals surface area contributed by atoms with Crippen LogP contribution in [0, 0.1) is 11.3 Å². The Morgan fingerprint density at radius 2 is 1.21 bits per heavy atom. The molecule has 0 fully saturated rings. The topological polar surface area (TPSA) is 35.8 Å². The van der Waals surface area contributed by atoms with Crippen molar-refractivity contribution >= 4 is 11.6 Å². The van der Waals surface area contributed by atoms with E-state index in [9.17, 15) is 5.26 Å². The fourth-order valence-electron chi connectivity index (χ4n) is 2.71. The largest absolute Gasteiger partial charge is 0.287 e. The molecule has 0 aromatic heterocycles. The van der Waals surface area contributed by atoms with Gasteiger partial charge in [-0.15, -0.1) is 0 Å². The zero-order valence-electron chi connectivity index (χ0n) is 13.1. The number of nitrogens with zero attached hydrogens (tertiary/aromatic N) is 1. The fourth-order valence-corrected chi connectivity index (χ4v) is 2.83. The second kappa shape index (κ2) is 7.79. The molecule has 0 aliphatic heterocycles. The van der Waals surface area contributed by atoms with E-state index in [0.29, 0.717) is 5.02 Å². The molecule has 0 saturated heterocycles. The van der Waals surface area contributed by atoms with Crippen LogP contribution in [0.3, 0.4) is 0 Å². The van der Waals surface area contributed by atoms with Gasteiger partial charge in [0.05, 0.1) is 12.1 Å². The predicted octanol–water partition coefficient (Wildman–Crippen LogP) is 5.28. The van der Waals surface area contributed by atoms with Crippen molar-refractivity contribution in [1.29, 1.82) is 5.26 Å². The summed E-state index contributed by atoms with van der Waals surface area (Å²) < 4.78 is 0. The molecule has 118 valence electrons. The van der Waals surface area contributed by atoms with Gasteiger partial charge < -0.3 is 0 Å². The monoisotopic (exact) mass is 332 g/mol. The van der Waals surface area contributed by atoms with Gasteiger partial charge in [0.1, 0.15) is 6.04 Å². The molecule has 3 rings (SSSR count). The number of hydrogen-bond acceptors (Lipinski definition) is 2. The van der Waals surface area contributed by atoms with E-state index in [1.807, 2.05) is 60.7 Å². The van der Waals surface area contributed by atoms with Crippen molar-refractivity contribution in [3.8, 4) is 6.07 Å². The maximum absolute atomic E-state index is 9.65. The van der Waals surface area contributed by atoms with Crippen molar-refractivity contribution < 1.29 is 0 Å². The summed E-state index contributed by atoms with van der Waals surface area (Å²) in [5.41, 5.74) is 3.15. The number of rotatable bonds is 5. The van der Waals surface area contributed by atoms with E-state index in [1.165, 1.54) is 0 Å². The van der Waals surface area contributed by atoms with E-state index in [2.05, 4.69) is 35.7 Å². The van der Waals surface area contributed by atoms with E-state index < -0.39 is 6.04 Å². The van der Waals surface area contributed by atoms with Crippen molar-refractivity contribution in [2.75, 3.05) is 0 Å². The van der Waals surface area contributed by atoms with Crippen LogP contribution in [0.5, 0.6) is 0 Å².